The van der Waals surface area contributed by atoms with Gasteiger partial charge in [0.15, 0.2) is 5.16 Å². The summed E-state index contributed by atoms with van der Waals surface area (Å²) < 4.78 is 2.32. The Labute approximate surface area is 151 Å². The molecule has 2 fully saturated rings. The lowest BCUT2D eigenvalue weighted by molar-refractivity contribution is -0.117. The monoisotopic (exact) mass is 354 g/mol. The SMILES string of the molecule is CC(Sc1nnc(C2CC2)n1C1CC1)C(=O)N1CCc2ccccc21. The third-order valence-electron chi connectivity index (χ3n) is 5.33. The minimum Gasteiger partial charge on any atom is -0.311 e. The fourth-order valence-electron chi connectivity index (χ4n) is 3.66. The van der Waals surface area contributed by atoms with Crippen molar-refractivity contribution in [3.05, 3.63) is 35.7 Å². The molecule has 0 spiro atoms. The molecular formula is C19H22N4OS. The van der Waals surface area contributed by atoms with Crippen molar-refractivity contribution in [1.29, 1.82) is 0 Å². The highest BCUT2D eigenvalue weighted by molar-refractivity contribution is 8.00. The highest BCUT2D eigenvalue weighted by Gasteiger charge is 2.37. The largest absolute Gasteiger partial charge is 0.311 e. The summed E-state index contributed by atoms with van der Waals surface area (Å²) in [6, 6.07) is 8.78. The zero-order chi connectivity index (χ0) is 17.0. The second-order valence-corrected chi connectivity index (χ2v) is 8.65. The number of amides is 1. The number of nitrogens with zero attached hydrogens (tertiary/aromatic N) is 4. The summed E-state index contributed by atoms with van der Waals surface area (Å²) in [5.74, 6) is 1.92. The van der Waals surface area contributed by atoms with Crippen LogP contribution in [0.1, 0.15) is 56.0 Å². The molecule has 1 atom stereocenters. The van der Waals surface area contributed by atoms with Gasteiger partial charge in [0.05, 0.1) is 5.25 Å². The molecule has 1 aliphatic heterocycles. The van der Waals surface area contributed by atoms with Crippen LogP contribution in [0.25, 0.3) is 0 Å². The maximum absolute atomic E-state index is 13.0. The number of carbonyl (C=O) groups excluding carboxylic acids is 1. The van der Waals surface area contributed by atoms with Crippen LogP contribution in [0, 0.1) is 0 Å². The first-order chi connectivity index (χ1) is 12.2. The van der Waals surface area contributed by atoms with Crippen LogP contribution in [0.5, 0.6) is 0 Å². The van der Waals surface area contributed by atoms with Gasteiger partial charge in [0.2, 0.25) is 5.91 Å². The topological polar surface area (TPSA) is 51.0 Å². The quantitative estimate of drug-likeness (QED) is 0.771. The molecule has 0 bridgehead atoms. The van der Waals surface area contributed by atoms with Crippen LogP contribution in [0.4, 0.5) is 5.69 Å². The van der Waals surface area contributed by atoms with Gasteiger partial charge in [-0.2, -0.15) is 0 Å². The number of fused-ring (bicyclic) bond motifs is 1. The van der Waals surface area contributed by atoms with Gasteiger partial charge in [0.25, 0.3) is 0 Å². The van der Waals surface area contributed by atoms with E-state index >= 15 is 0 Å². The maximum atomic E-state index is 13.0. The summed E-state index contributed by atoms with van der Waals surface area (Å²) in [6.07, 6.45) is 5.84. The van der Waals surface area contributed by atoms with E-state index in [1.54, 1.807) is 11.8 Å². The predicted octanol–water partition coefficient (Wildman–Crippen LogP) is 3.56. The smallest absolute Gasteiger partial charge is 0.240 e. The van der Waals surface area contributed by atoms with E-state index in [1.807, 2.05) is 24.0 Å². The summed E-state index contributed by atoms with van der Waals surface area (Å²) in [5, 5.41) is 9.67. The summed E-state index contributed by atoms with van der Waals surface area (Å²) in [7, 11) is 0. The number of anilines is 1. The van der Waals surface area contributed by atoms with E-state index in [1.165, 1.54) is 31.2 Å². The number of rotatable bonds is 5. The molecule has 0 radical (unpaired) electrons. The van der Waals surface area contributed by atoms with Gasteiger partial charge in [-0.1, -0.05) is 30.0 Å². The number of thioether (sulfide) groups is 1. The first-order valence-corrected chi connectivity index (χ1v) is 10.1. The van der Waals surface area contributed by atoms with Gasteiger partial charge in [-0.15, -0.1) is 10.2 Å². The Hall–Kier alpha value is -1.82. The molecule has 2 heterocycles. The van der Waals surface area contributed by atoms with Crippen molar-refractivity contribution >= 4 is 23.4 Å². The number of aromatic nitrogens is 3. The third kappa shape index (κ3) is 2.76. The zero-order valence-electron chi connectivity index (χ0n) is 14.4. The number of benzene rings is 1. The van der Waals surface area contributed by atoms with Gasteiger partial charge >= 0.3 is 0 Å². The molecule has 2 saturated carbocycles. The van der Waals surface area contributed by atoms with E-state index in [0.29, 0.717) is 12.0 Å². The van der Waals surface area contributed by atoms with Gasteiger partial charge in [0, 0.05) is 24.2 Å². The molecule has 1 aromatic carbocycles. The molecule has 0 saturated heterocycles. The first-order valence-electron chi connectivity index (χ1n) is 9.23. The Morgan fingerprint density at radius 1 is 1.20 bits per heavy atom. The number of para-hydroxylation sites is 1. The average Bonchev–Trinajstić information content (AvgIpc) is 3.56. The predicted molar refractivity (Wildman–Crippen MR) is 98.1 cm³/mol. The van der Waals surface area contributed by atoms with Gasteiger partial charge in [-0.25, -0.2) is 0 Å². The average molecular weight is 354 g/mol. The van der Waals surface area contributed by atoms with Crippen molar-refractivity contribution in [1.82, 2.24) is 14.8 Å². The van der Waals surface area contributed by atoms with Gasteiger partial charge in [0.1, 0.15) is 5.82 Å². The Balaban J connectivity index is 1.36. The minimum absolute atomic E-state index is 0.153. The molecule has 6 heteroatoms. The Morgan fingerprint density at radius 3 is 2.76 bits per heavy atom. The first kappa shape index (κ1) is 15.4. The van der Waals surface area contributed by atoms with Gasteiger partial charge in [-0.3, -0.25) is 4.79 Å². The second kappa shape index (κ2) is 5.87. The number of hydrogen-bond acceptors (Lipinski definition) is 4. The van der Waals surface area contributed by atoms with Gasteiger partial charge in [-0.05, 0) is 50.7 Å². The van der Waals surface area contributed by atoms with E-state index in [-0.39, 0.29) is 11.2 Å². The van der Waals surface area contributed by atoms with Crippen LogP contribution in [0.2, 0.25) is 0 Å². The van der Waals surface area contributed by atoms with Crippen molar-refractivity contribution in [2.24, 2.45) is 0 Å². The fraction of sp³-hybridized carbons (Fsp3) is 0.526. The normalized spacial score (nSPS) is 20.6. The molecule has 5 rings (SSSR count). The Kier molecular flexibility index (Phi) is 3.62. The standard InChI is InChI=1S/C19H22N4OS/c1-12(18(24)22-11-10-13-4-2-3-5-16(13)22)25-19-21-20-17(14-6-7-14)23(19)15-8-9-15/h2-5,12,14-15H,6-11H2,1H3. The van der Waals surface area contributed by atoms with E-state index in [9.17, 15) is 4.79 Å². The zero-order valence-corrected chi connectivity index (χ0v) is 15.2. The third-order valence-corrected chi connectivity index (χ3v) is 6.37. The Morgan fingerprint density at radius 2 is 2.00 bits per heavy atom. The molecule has 3 aliphatic rings. The molecule has 1 unspecified atom stereocenters. The Bertz CT molecular complexity index is 825. The summed E-state index contributed by atoms with van der Waals surface area (Å²) >= 11 is 1.57. The van der Waals surface area contributed by atoms with Crippen LogP contribution in [0.3, 0.4) is 0 Å². The molecule has 0 N–H and O–H groups in total. The lowest BCUT2D eigenvalue weighted by Gasteiger charge is -2.21. The molecule has 5 nitrogen and oxygen atoms in total. The van der Waals surface area contributed by atoms with Crippen LogP contribution >= 0.6 is 11.8 Å². The van der Waals surface area contributed by atoms with Gasteiger partial charge < -0.3 is 9.47 Å². The molecule has 1 aromatic heterocycles. The van der Waals surface area contributed by atoms with Crippen LogP contribution in [0.15, 0.2) is 29.4 Å². The summed E-state index contributed by atoms with van der Waals surface area (Å²) in [5.41, 5.74) is 2.34. The molecule has 2 aliphatic carbocycles. The molecule has 1 amide bonds. The minimum atomic E-state index is -0.153. The molecular weight excluding hydrogens is 332 g/mol. The van der Waals surface area contributed by atoms with Crippen LogP contribution in [-0.4, -0.2) is 32.5 Å². The highest BCUT2D eigenvalue weighted by Crippen LogP contribution is 2.46. The molecule has 25 heavy (non-hydrogen) atoms. The van der Waals surface area contributed by atoms with Crippen molar-refractivity contribution in [2.75, 3.05) is 11.4 Å². The summed E-state index contributed by atoms with van der Waals surface area (Å²) in [4.78, 5) is 14.9. The van der Waals surface area contributed by atoms with Crippen LogP contribution < -0.4 is 4.90 Å². The van der Waals surface area contributed by atoms with E-state index < -0.39 is 0 Å². The van der Waals surface area contributed by atoms with Crippen molar-refractivity contribution < 1.29 is 4.79 Å². The van der Waals surface area contributed by atoms with Crippen molar-refractivity contribution in [3.8, 4) is 0 Å². The van der Waals surface area contributed by atoms with E-state index in [2.05, 4.69) is 26.9 Å². The lowest BCUT2D eigenvalue weighted by Crippen LogP contribution is -2.35. The maximum Gasteiger partial charge on any atom is 0.240 e. The number of hydrogen-bond donors (Lipinski definition) is 0. The fourth-order valence-corrected chi connectivity index (χ4v) is 4.65. The van der Waals surface area contributed by atoms with Crippen molar-refractivity contribution in [3.63, 3.8) is 0 Å². The van der Waals surface area contributed by atoms with E-state index in [4.69, 9.17) is 0 Å². The summed E-state index contributed by atoms with van der Waals surface area (Å²) in [6.45, 7) is 2.78. The highest BCUT2D eigenvalue weighted by atomic mass is 32.2. The van der Waals surface area contributed by atoms with Crippen LogP contribution in [-0.2, 0) is 11.2 Å². The molecule has 130 valence electrons. The van der Waals surface area contributed by atoms with E-state index in [0.717, 1.165) is 29.6 Å². The number of carbonyl (C=O) groups is 1. The molecule has 2 aromatic rings. The van der Waals surface area contributed by atoms with Crippen molar-refractivity contribution in [2.45, 2.75) is 61.4 Å². The lowest BCUT2D eigenvalue weighted by atomic mass is 10.2. The second-order valence-electron chi connectivity index (χ2n) is 7.34.